The molecule has 0 spiro atoms. The minimum Gasteiger partial charge on any atom is -0.493 e. The first-order valence-corrected chi connectivity index (χ1v) is 12.9. The fraction of sp³-hybridized carbons (Fsp3) is 0.556. The summed E-state index contributed by atoms with van der Waals surface area (Å²) in [6.07, 6.45) is 6.87. The molecule has 4 rings (SSSR count). The number of hydrogen-bond donors (Lipinski definition) is 1. The standard InChI is InChI=1S/C27H36N4O5/c1-3-13-31(36-14-4-2)25(32)18-30-17-21(19-6-8-23-20(16-19)10-15-35-23)26(27(33)34)22(30)7-9-24-28-11-5-12-29-24/h5-6,8,11-12,16,21-22,26H,3-4,7,9-10,13-15,17-18H2,1-2H3,(H,33,34)/t21-,22+,26-/m1/s1. The SMILES string of the molecule is CCCON(CCC)C(=O)CN1C[C@H](c2ccc3c(c2)CCO3)[C@@H](C(=O)O)[C@@H]1CCc1ncccn1. The molecule has 0 aliphatic carbocycles. The van der Waals surface area contributed by atoms with Crippen molar-refractivity contribution in [2.45, 2.75) is 57.9 Å². The van der Waals surface area contributed by atoms with Gasteiger partial charge in [0.2, 0.25) is 0 Å². The number of hydrogen-bond acceptors (Lipinski definition) is 7. The number of carbonyl (C=O) groups is 2. The van der Waals surface area contributed by atoms with Gasteiger partial charge in [-0.05, 0) is 42.5 Å². The van der Waals surface area contributed by atoms with Gasteiger partial charge in [0, 0.05) is 50.3 Å². The summed E-state index contributed by atoms with van der Waals surface area (Å²) >= 11 is 0. The summed E-state index contributed by atoms with van der Waals surface area (Å²) in [5.41, 5.74) is 2.10. The Kier molecular flexibility index (Phi) is 8.88. The molecule has 9 heteroatoms. The van der Waals surface area contributed by atoms with Gasteiger partial charge in [-0.25, -0.2) is 15.0 Å². The number of aromatic nitrogens is 2. The average molecular weight is 497 g/mol. The van der Waals surface area contributed by atoms with E-state index in [4.69, 9.17) is 9.57 Å². The molecule has 1 aromatic heterocycles. The van der Waals surface area contributed by atoms with Gasteiger partial charge in [0.15, 0.2) is 0 Å². The molecular formula is C27H36N4O5. The van der Waals surface area contributed by atoms with E-state index in [-0.39, 0.29) is 24.4 Å². The van der Waals surface area contributed by atoms with E-state index in [1.165, 1.54) is 5.06 Å². The van der Waals surface area contributed by atoms with Crippen LogP contribution in [0.1, 0.15) is 56.0 Å². The number of carboxylic acid groups (broad SMARTS) is 1. The van der Waals surface area contributed by atoms with Gasteiger partial charge >= 0.3 is 5.97 Å². The Labute approximate surface area is 212 Å². The van der Waals surface area contributed by atoms with E-state index in [0.29, 0.717) is 45.0 Å². The van der Waals surface area contributed by atoms with Crippen LogP contribution in [-0.4, -0.2) is 75.8 Å². The van der Waals surface area contributed by atoms with E-state index in [0.717, 1.165) is 36.1 Å². The lowest BCUT2D eigenvalue weighted by atomic mass is 9.83. The lowest BCUT2D eigenvalue weighted by molar-refractivity contribution is -0.188. The van der Waals surface area contributed by atoms with Gasteiger partial charge in [-0.3, -0.25) is 19.3 Å². The van der Waals surface area contributed by atoms with Crippen molar-refractivity contribution in [2.75, 3.05) is 32.8 Å². The van der Waals surface area contributed by atoms with E-state index in [1.807, 2.05) is 30.9 Å². The Hall–Kier alpha value is -3.04. The highest BCUT2D eigenvalue weighted by Gasteiger charge is 2.47. The van der Waals surface area contributed by atoms with Crippen LogP contribution < -0.4 is 4.74 Å². The van der Waals surface area contributed by atoms with Crippen LogP contribution in [0.5, 0.6) is 5.75 Å². The molecule has 3 heterocycles. The molecule has 1 fully saturated rings. The zero-order valence-corrected chi connectivity index (χ0v) is 21.1. The molecule has 9 nitrogen and oxygen atoms in total. The number of carboxylic acids is 1. The van der Waals surface area contributed by atoms with Crippen LogP contribution in [0.2, 0.25) is 0 Å². The van der Waals surface area contributed by atoms with Crippen LogP contribution in [0.3, 0.4) is 0 Å². The number of aliphatic carboxylic acids is 1. The minimum absolute atomic E-state index is 0.109. The third-order valence-electron chi connectivity index (χ3n) is 6.95. The van der Waals surface area contributed by atoms with Gasteiger partial charge in [-0.1, -0.05) is 26.0 Å². The predicted octanol–water partition coefficient (Wildman–Crippen LogP) is 3.09. The average Bonchev–Trinajstić information content (AvgIpc) is 3.50. The van der Waals surface area contributed by atoms with Crippen molar-refractivity contribution in [3.05, 3.63) is 53.6 Å². The lowest BCUT2D eigenvalue weighted by Crippen LogP contribution is -2.44. The molecule has 0 radical (unpaired) electrons. The highest BCUT2D eigenvalue weighted by Crippen LogP contribution is 2.41. The molecule has 194 valence electrons. The monoisotopic (exact) mass is 496 g/mol. The van der Waals surface area contributed by atoms with Crippen molar-refractivity contribution in [3.63, 3.8) is 0 Å². The third kappa shape index (κ3) is 6.02. The van der Waals surface area contributed by atoms with Crippen LogP contribution >= 0.6 is 0 Å². The van der Waals surface area contributed by atoms with Crippen LogP contribution in [0.15, 0.2) is 36.7 Å². The van der Waals surface area contributed by atoms with E-state index < -0.39 is 11.9 Å². The van der Waals surface area contributed by atoms with Gasteiger partial charge in [0.1, 0.15) is 11.6 Å². The molecule has 1 amide bonds. The molecule has 2 aliphatic rings. The molecule has 1 aromatic carbocycles. The number of amides is 1. The Balaban J connectivity index is 1.59. The summed E-state index contributed by atoms with van der Waals surface area (Å²) in [4.78, 5) is 42.3. The van der Waals surface area contributed by atoms with Gasteiger partial charge < -0.3 is 9.84 Å². The van der Waals surface area contributed by atoms with Crippen LogP contribution in [0.4, 0.5) is 0 Å². The predicted molar refractivity (Wildman–Crippen MR) is 133 cm³/mol. The number of carbonyl (C=O) groups excluding carboxylic acids is 1. The van der Waals surface area contributed by atoms with Gasteiger partial charge in [0.25, 0.3) is 5.91 Å². The topological polar surface area (TPSA) is 105 Å². The summed E-state index contributed by atoms with van der Waals surface area (Å²) in [6.45, 7) is 6.22. The number of rotatable bonds is 12. The molecule has 1 N–H and O–H groups in total. The number of aryl methyl sites for hydroxylation is 1. The lowest BCUT2D eigenvalue weighted by Gasteiger charge is -2.29. The normalized spacial score (nSPS) is 21.2. The van der Waals surface area contributed by atoms with Gasteiger partial charge in [-0.2, -0.15) is 0 Å². The first-order chi connectivity index (χ1) is 17.5. The number of hydroxylamine groups is 2. The Bertz CT molecular complexity index is 1030. The van der Waals surface area contributed by atoms with Crippen LogP contribution in [0.25, 0.3) is 0 Å². The maximum absolute atomic E-state index is 13.3. The van der Waals surface area contributed by atoms with Crippen LogP contribution in [-0.2, 0) is 27.3 Å². The summed E-state index contributed by atoms with van der Waals surface area (Å²) in [7, 11) is 0. The first-order valence-electron chi connectivity index (χ1n) is 12.9. The van der Waals surface area contributed by atoms with Gasteiger partial charge in [0.05, 0.1) is 25.7 Å². The summed E-state index contributed by atoms with van der Waals surface area (Å²) in [5.74, 6) is -0.337. The number of likely N-dealkylation sites (tertiary alicyclic amines) is 1. The summed E-state index contributed by atoms with van der Waals surface area (Å²) < 4.78 is 5.65. The number of nitrogens with zero attached hydrogens (tertiary/aromatic N) is 4. The fourth-order valence-corrected chi connectivity index (χ4v) is 5.28. The van der Waals surface area contributed by atoms with E-state index >= 15 is 0 Å². The summed E-state index contributed by atoms with van der Waals surface area (Å²) in [6, 6.07) is 7.43. The maximum Gasteiger partial charge on any atom is 0.308 e. The first kappa shape index (κ1) is 26.0. The Morgan fingerprint density at radius 1 is 1.22 bits per heavy atom. The number of fused-ring (bicyclic) bond motifs is 1. The van der Waals surface area contributed by atoms with Crippen molar-refractivity contribution in [1.82, 2.24) is 19.9 Å². The molecule has 2 aliphatic heterocycles. The maximum atomic E-state index is 13.3. The smallest absolute Gasteiger partial charge is 0.308 e. The van der Waals surface area contributed by atoms with Crippen molar-refractivity contribution >= 4 is 11.9 Å². The van der Waals surface area contributed by atoms with Crippen molar-refractivity contribution < 1.29 is 24.3 Å². The second kappa shape index (κ2) is 12.3. The fourth-order valence-electron chi connectivity index (χ4n) is 5.28. The third-order valence-corrected chi connectivity index (χ3v) is 6.95. The zero-order chi connectivity index (χ0) is 25.5. The van der Waals surface area contributed by atoms with Crippen molar-refractivity contribution in [1.29, 1.82) is 0 Å². The zero-order valence-electron chi connectivity index (χ0n) is 21.1. The minimum atomic E-state index is -0.849. The molecule has 36 heavy (non-hydrogen) atoms. The molecule has 1 saturated heterocycles. The molecule has 2 aromatic rings. The Morgan fingerprint density at radius 3 is 2.75 bits per heavy atom. The molecule has 0 saturated carbocycles. The Morgan fingerprint density at radius 2 is 2.03 bits per heavy atom. The number of benzene rings is 1. The molecular weight excluding hydrogens is 460 g/mol. The second-order valence-corrected chi connectivity index (χ2v) is 9.47. The highest BCUT2D eigenvalue weighted by atomic mass is 16.7. The summed E-state index contributed by atoms with van der Waals surface area (Å²) in [5, 5.41) is 11.8. The van der Waals surface area contributed by atoms with Crippen molar-refractivity contribution in [3.8, 4) is 5.75 Å². The number of ether oxygens (including phenoxy) is 1. The van der Waals surface area contributed by atoms with E-state index in [2.05, 4.69) is 16.0 Å². The second-order valence-electron chi connectivity index (χ2n) is 9.47. The van der Waals surface area contributed by atoms with E-state index in [1.54, 1.807) is 18.5 Å². The van der Waals surface area contributed by atoms with Crippen molar-refractivity contribution in [2.24, 2.45) is 5.92 Å². The molecule has 3 atom stereocenters. The quantitative estimate of drug-likeness (QED) is 0.447. The highest BCUT2D eigenvalue weighted by molar-refractivity contribution is 5.78. The molecule has 0 unspecified atom stereocenters. The largest absolute Gasteiger partial charge is 0.493 e. The van der Waals surface area contributed by atoms with Gasteiger partial charge in [-0.15, -0.1) is 0 Å². The molecule has 0 bridgehead atoms. The van der Waals surface area contributed by atoms with E-state index in [9.17, 15) is 14.7 Å². The van der Waals surface area contributed by atoms with Crippen LogP contribution in [0, 0.1) is 5.92 Å².